The summed E-state index contributed by atoms with van der Waals surface area (Å²) < 4.78 is 68.2. The Labute approximate surface area is 216 Å². The Kier molecular flexibility index (Phi) is 7.64. The molecule has 6 N–H and O–H groups in total. The number of amides is 1. The van der Waals surface area contributed by atoms with Crippen LogP contribution in [0.4, 0.5) is 14.6 Å². The van der Waals surface area contributed by atoms with Gasteiger partial charge >= 0.3 is 0 Å². The van der Waals surface area contributed by atoms with E-state index in [0.717, 1.165) is 25.0 Å². The molecule has 1 heterocycles. The highest BCUT2D eigenvalue weighted by Gasteiger charge is 2.31. The van der Waals surface area contributed by atoms with E-state index in [0.29, 0.717) is 0 Å². The number of aromatic nitrogens is 1. The van der Waals surface area contributed by atoms with E-state index in [1.165, 1.54) is 30.5 Å². The number of carbonyl (C=O) groups excluding carboxylic acids is 1. The van der Waals surface area contributed by atoms with Crippen molar-refractivity contribution < 1.29 is 31.3 Å². The summed E-state index contributed by atoms with van der Waals surface area (Å²) in [5.74, 6) is -2.50. The lowest BCUT2D eigenvalue weighted by molar-refractivity contribution is 0.100. The van der Waals surface area contributed by atoms with Crippen LogP contribution in [0.25, 0.3) is 11.1 Å². The van der Waals surface area contributed by atoms with Gasteiger partial charge in [-0.1, -0.05) is 17.7 Å². The highest BCUT2D eigenvalue weighted by molar-refractivity contribution is 7.86. The molecule has 9 nitrogen and oxygen atoms in total. The standard InChI is InChI=1S/C24H23ClF2N4O5S/c25-22-17(18(26)5-6-19(22)27)11-36-20-8-13(9-31-23(20)28)16-7-12(24(29)32)1-4-15(16)21(37(33,34)35)10-30-14-2-3-14/h1,4-9,14,21,30H,2-3,10-11H2,(H2,28,31)(H2,29,32)(H,33,34,35). The number of nitrogens with two attached hydrogens (primary N) is 2. The Morgan fingerprint density at radius 1 is 1.22 bits per heavy atom. The van der Waals surface area contributed by atoms with Gasteiger partial charge in [-0.15, -0.1) is 0 Å². The predicted octanol–water partition coefficient (Wildman–Crippen LogP) is 3.62. The van der Waals surface area contributed by atoms with Crippen molar-refractivity contribution in [1.29, 1.82) is 0 Å². The van der Waals surface area contributed by atoms with Gasteiger partial charge in [0.1, 0.15) is 23.5 Å². The number of benzene rings is 2. The number of rotatable bonds is 10. The van der Waals surface area contributed by atoms with E-state index in [-0.39, 0.29) is 52.0 Å². The second-order valence-corrected chi connectivity index (χ2v) is 10.5. The number of halogens is 3. The molecule has 1 aliphatic carbocycles. The van der Waals surface area contributed by atoms with Gasteiger partial charge in [-0.2, -0.15) is 8.42 Å². The van der Waals surface area contributed by atoms with E-state index in [4.69, 9.17) is 27.8 Å². The molecule has 1 saturated carbocycles. The van der Waals surface area contributed by atoms with Gasteiger partial charge in [0.05, 0.1) is 5.02 Å². The SMILES string of the molecule is NC(=O)c1ccc(C(CNC2CC2)S(=O)(=O)O)c(-c2cnc(N)c(OCc3c(F)ccc(F)c3Cl)c2)c1. The molecule has 3 aromatic rings. The molecule has 0 bridgehead atoms. The molecule has 2 aromatic carbocycles. The third-order valence-electron chi connectivity index (χ3n) is 5.92. The highest BCUT2D eigenvalue weighted by Crippen LogP contribution is 2.36. The number of nitrogens with one attached hydrogen (secondary N) is 1. The van der Waals surface area contributed by atoms with Gasteiger partial charge in [-0.25, -0.2) is 13.8 Å². The maximum atomic E-state index is 14.2. The number of primary amides is 1. The predicted molar refractivity (Wildman–Crippen MR) is 134 cm³/mol. The van der Waals surface area contributed by atoms with Crippen LogP contribution in [0.3, 0.4) is 0 Å². The van der Waals surface area contributed by atoms with Gasteiger partial charge in [0, 0.05) is 35.5 Å². The zero-order valence-electron chi connectivity index (χ0n) is 19.2. The largest absolute Gasteiger partial charge is 0.485 e. The Morgan fingerprint density at radius 2 is 1.92 bits per heavy atom. The van der Waals surface area contributed by atoms with Gasteiger partial charge in [-0.3, -0.25) is 9.35 Å². The van der Waals surface area contributed by atoms with Crippen LogP contribution in [-0.2, 0) is 16.7 Å². The van der Waals surface area contributed by atoms with E-state index in [1.807, 2.05) is 0 Å². The molecule has 37 heavy (non-hydrogen) atoms. The van der Waals surface area contributed by atoms with Crippen LogP contribution in [0.2, 0.25) is 5.02 Å². The van der Waals surface area contributed by atoms with Crippen molar-refractivity contribution in [1.82, 2.24) is 10.3 Å². The summed E-state index contributed by atoms with van der Waals surface area (Å²) in [6, 6.07) is 7.46. The molecule has 0 saturated heterocycles. The molecule has 1 fully saturated rings. The van der Waals surface area contributed by atoms with Crippen LogP contribution >= 0.6 is 11.6 Å². The zero-order chi connectivity index (χ0) is 26.9. The van der Waals surface area contributed by atoms with E-state index in [9.17, 15) is 26.5 Å². The maximum absolute atomic E-state index is 14.2. The minimum absolute atomic E-state index is 0.0350. The van der Waals surface area contributed by atoms with Crippen LogP contribution in [-0.4, -0.2) is 36.4 Å². The quantitative estimate of drug-likeness (QED) is 0.219. The first-order chi connectivity index (χ1) is 17.5. The van der Waals surface area contributed by atoms with Crippen LogP contribution in [0.15, 0.2) is 42.6 Å². The van der Waals surface area contributed by atoms with E-state index >= 15 is 0 Å². The summed E-state index contributed by atoms with van der Waals surface area (Å²) in [4.78, 5) is 15.9. The fourth-order valence-corrected chi connectivity index (χ4v) is 4.79. The summed E-state index contributed by atoms with van der Waals surface area (Å²) >= 11 is 5.86. The molecule has 1 amide bonds. The Bertz CT molecular complexity index is 1470. The van der Waals surface area contributed by atoms with Gasteiger partial charge in [0.2, 0.25) is 5.91 Å². The average molecular weight is 553 g/mol. The summed E-state index contributed by atoms with van der Waals surface area (Å²) in [5.41, 5.74) is 11.9. The molecule has 0 radical (unpaired) electrons. The minimum Gasteiger partial charge on any atom is -0.485 e. The number of pyridine rings is 1. The summed E-state index contributed by atoms with van der Waals surface area (Å²) in [6.07, 6.45) is 3.10. The van der Waals surface area contributed by atoms with Crippen molar-refractivity contribution in [3.63, 3.8) is 0 Å². The number of hydrogen-bond acceptors (Lipinski definition) is 7. The summed E-state index contributed by atoms with van der Waals surface area (Å²) in [5, 5.41) is 1.27. The van der Waals surface area contributed by atoms with Crippen LogP contribution < -0.4 is 21.5 Å². The first-order valence-corrected chi connectivity index (χ1v) is 13.0. The molecule has 1 unspecified atom stereocenters. The first-order valence-electron chi connectivity index (χ1n) is 11.1. The molecule has 0 spiro atoms. The van der Waals surface area contributed by atoms with Gasteiger partial charge in [0.25, 0.3) is 10.1 Å². The van der Waals surface area contributed by atoms with Crippen molar-refractivity contribution >= 4 is 33.4 Å². The van der Waals surface area contributed by atoms with Crippen molar-refractivity contribution in [2.45, 2.75) is 30.7 Å². The lowest BCUT2D eigenvalue weighted by Crippen LogP contribution is -2.28. The fourth-order valence-electron chi connectivity index (χ4n) is 3.75. The first kappa shape index (κ1) is 26.7. The summed E-state index contributed by atoms with van der Waals surface area (Å²) in [6.45, 7) is -0.555. The summed E-state index contributed by atoms with van der Waals surface area (Å²) in [7, 11) is -4.57. The Hall–Kier alpha value is -3.32. The lowest BCUT2D eigenvalue weighted by Gasteiger charge is -2.20. The van der Waals surface area contributed by atoms with Crippen molar-refractivity contribution in [2.75, 3.05) is 12.3 Å². The molecule has 4 rings (SSSR count). The molecule has 196 valence electrons. The number of nitrogen functional groups attached to an aromatic ring is 1. The van der Waals surface area contributed by atoms with E-state index in [2.05, 4.69) is 10.3 Å². The molecular formula is C24H23ClF2N4O5S. The number of nitrogens with zero attached hydrogens (tertiary/aromatic N) is 1. The smallest absolute Gasteiger partial charge is 0.273 e. The molecule has 1 aromatic heterocycles. The average Bonchev–Trinajstić information content (AvgIpc) is 3.66. The fraction of sp³-hybridized carbons (Fsp3) is 0.250. The molecule has 13 heteroatoms. The lowest BCUT2D eigenvalue weighted by atomic mass is 9.95. The number of carbonyl (C=O) groups is 1. The molecule has 1 aliphatic rings. The van der Waals surface area contributed by atoms with Crippen molar-refractivity contribution in [2.24, 2.45) is 5.73 Å². The number of ether oxygens (including phenoxy) is 1. The molecule has 1 atom stereocenters. The van der Waals surface area contributed by atoms with Gasteiger partial charge in [0.15, 0.2) is 11.6 Å². The third-order valence-corrected chi connectivity index (χ3v) is 7.47. The molecule has 0 aliphatic heterocycles. The zero-order valence-corrected chi connectivity index (χ0v) is 20.8. The van der Waals surface area contributed by atoms with E-state index < -0.39 is 44.5 Å². The molecular weight excluding hydrogens is 530 g/mol. The van der Waals surface area contributed by atoms with Gasteiger partial charge < -0.3 is 21.5 Å². The van der Waals surface area contributed by atoms with Crippen LogP contribution in [0.1, 0.15) is 39.6 Å². The number of hydrogen-bond donors (Lipinski definition) is 4. The highest BCUT2D eigenvalue weighted by atomic mass is 35.5. The second-order valence-electron chi connectivity index (χ2n) is 8.57. The Morgan fingerprint density at radius 3 is 2.57 bits per heavy atom. The number of anilines is 1. The van der Waals surface area contributed by atoms with Crippen molar-refractivity contribution in [3.8, 4) is 16.9 Å². The maximum Gasteiger partial charge on any atom is 0.273 e. The second kappa shape index (κ2) is 10.6. The van der Waals surface area contributed by atoms with Crippen LogP contribution in [0, 0.1) is 11.6 Å². The van der Waals surface area contributed by atoms with Gasteiger partial charge in [-0.05, 0) is 54.3 Å². The normalized spacial score (nSPS) is 14.4. The monoisotopic (exact) mass is 552 g/mol. The Balaban J connectivity index is 1.75. The van der Waals surface area contributed by atoms with Crippen LogP contribution in [0.5, 0.6) is 5.75 Å². The minimum atomic E-state index is -4.57. The topological polar surface area (TPSA) is 158 Å². The van der Waals surface area contributed by atoms with Crippen molar-refractivity contribution in [3.05, 3.63) is 75.9 Å². The third kappa shape index (κ3) is 6.16. The van der Waals surface area contributed by atoms with E-state index in [1.54, 1.807) is 0 Å².